The first-order chi connectivity index (χ1) is 9.57. The van der Waals surface area contributed by atoms with Gasteiger partial charge in [0.1, 0.15) is 0 Å². The van der Waals surface area contributed by atoms with Gasteiger partial charge in [-0.1, -0.05) is 13.8 Å². The van der Waals surface area contributed by atoms with Crippen LogP contribution in [-0.2, 0) is 10.0 Å². The van der Waals surface area contributed by atoms with Crippen molar-refractivity contribution in [3.05, 3.63) is 28.8 Å². The summed E-state index contributed by atoms with van der Waals surface area (Å²) in [4.78, 5) is 14.4. The Morgan fingerprint density at radius 1 is 1.29 bits per heavy atom. The van der Waals surface area contributed by atoms with E-state index >= 15 is 0 Å². The molecule has 0 fully saturated rings. The van der Waals surface area contributed by atoms with Crippen LogP contribution in [0.4, 0.5) is 0 Å². The van der Waals surface area contributed by atoms with Gasteiger partial charge in [-0.3, -0.25) is 4.79 Å². The van der Waals surface area contributed by atoms with Crippen molar-refractivity contribution in [1.29, 1.82) is 0 Å². The fraction of sp³-hybridized carbons (Fsp3) is 0.533. The Bertz CT molecular complexity index is 637. The van der Waals surface area contributed by atoms with Crippen LogP contribution in [0.25, 0.3) is 0 Å². The third-order valence-electron chi connectivity index (χ3n) is 3.45. The highest BCUT2D eigenvalue weighted by molar-refractivity contribution is 7.89. The smallest absolute Gasteiger partial charge is 0.254 e. The Morgan fingerprint density at radius 3 is 2.29 bits per heavy atom. The minimum atomic E-state index is -3.82. The molecule has 1 amide bonds. The fourth-order valence-corrected chi connectivity index (χ4v) is 2.80. The molecular weight excluding hydrogens is 288 g/mol. The van der Waals surface area contributed by atoms with Crippen molar-refractivity contribution in [3.8, 4) is 0 Å². The van der Waals surface area contributed by atoms with E-state index < -0.39 is 10.0 Å². The highest BCUT2D eigenvalue weighted by Gasteiger charge is 2.21. The number of carbonyl (C=O) groups excluding carboxylic acids is 1. The predicted molar refractivity (Wildman–Crippen MR) is 83.7 cm³/mol. The van der Waals surface area contributed by atoms with E-state index in [0.717, 1.165) is 11.1 Å². The van der Waals surface area contributed by atoms with Crippen LogP contribution in [0.5, 0.6) is 0 Å². The van der Waals surface area contributed by atoms with E-state index in [1.165, 1.54) is 12.1 Å². The molecule has 1 aromatic carbocycles. The van der Waals surface area contributed by atoms with Gasteiger partial charge >= 0.3 is 0 Å². The zero-order valence-electron chi connectivity index (χ0n) is 13.3. The summed E-state index contributed by atoms with van der Waals surface area (Å²) in [5.41, 5.74) is 1.93. The van der Waals surface area contributed by atoms with Gasteiger partial charge in [-0.2, -0.15) is 0 Å². The maximum absolute atomic E-state index is 12.7. The molecule has 21 heavy (non-hydrogen) atoms. The first kappa shape index (κ1) is 17.7. The van der Waals surface area contributed by atoms with Gasteiger partial charge in [0, 0.05) is 18.7 Å². The van der Waals surface area contributed by atoms with E-state index in [9.17, 15) is 13.2 Å². The molecule has 0 saturated heterocycles. The molecule has 0 heterocycles. The minimum Gasteiger partial charge on any atom is -0.339 e. The van der Waals surface area contributed by atoms with Crippen molar-refractivity contribution in [3.63, 3.8) is 0 Å². The Labute approximate surface area is 127 Å². The Hall–Kier alpha value is -1.40. The van der Waals surface area contributed by atoms with Crippen LogP contribution in [0.2, 0.25) is 0 Å². The molecule has 0 unspecified atom stereocenters. The molecule has 0 bridgehead atoms. The third-order valence-corrected chi connectivity index (χ3v) is 4.35. The average Bonchev–Trinajstić information content (AvgIpc) is 2.36. The van der Waals surface area contributed by atoms with Crippen molar-refractivity contribution in [2.45, 2.75) is 39.5 Å². The number of carbonyl (C=O) groups is 1. The zero-order chi connectivity index (χ0) is 16.4. The first-order valence-corrected chi connectivity index (χ1v) is 8.55. The number of hydrogen-bond acceptors (Lipinski definition) is 3. The first-order valence-electron chi connectivity index (χ1n) is 7.01. The third kappa shape index (κ3) is 4.28. The van der Waals surface area contributed by atoms with Crippen LogP contribution in [-0.4, -0.2) is 32.3 Å². The number of primary sulfonamides is 1. The lowest BCUT2D eigenvalue weighted by atomic mass is 10.0. The van der Waals surface area contributed by atoms with Crippen molar-refractivity contribution in [2.24, 2.45) is 11.1 Å². The van der Waals surface area contributed by atoms with Crippen LogP contribution >= 0.6 is 0 Å². The molecule has 5 nitrogen and oxygen atoms in total. The van der Waals surface area contributed by atoms with Crippen molar-refractivity contribution >= 4 is 15.9 Å². The molecule has 0 atom stereocenters. The molecule has 0 saturated carbocycles. The van der Waals surface area contributed by atoms with Crippen molar-refractivity contribution < 1.29 is 13.2 Å². The number of rotatable bonds is 5. The molecule has 0 spiro atoms. The Kier molecular flexibility index (Phi) is 5.53. The van der Waals surface area contributed by atoms with Crippen molar-refractivity contribution in [2.75, 3.05) is 13.1 Å². The number of amides is 1. The molecule has 0 aliphatic heterocycles. The molecule has 2 N–H and O–H groups in total. The predicted octanol–water partition coefficient (Wildman–Crippen LogP) is 2.07. The second kappa shape index (κ2) is 6.58. The van der Waals surface area contributed by atoms with Crippen LogP contribution in [0.1, 0.15) is 42.3 Å². The molecule has 0 aliphatic carbocycles. The maximum Gasteiger partial charge on any atom is 0.254 e. The number of sulfonamides is 1. The molecule has 1 aromatic rings. The summed E-state index contributed by atoms with van der Waals surface area (Å²) >= 11 is 0. The van der Waals surface area contributed by atoms with E-state index in [-0.39, 0.29) is 10.8 Å². The molecule has 0 radical (unpaired) electrons. The lowest BCUT2D eigenvalue weighted by Crippen LogP contribution is -2.34. The maximum atomic E-state index is 12.7. The molecule has 6 heteroatoms. The highest BCUT2D eigenvalue weighted by atomic mass is 32.2. The number of hydrogen-bond donors (Lipinski definition) is 1. The number of benzene rings is 1. The van der Waals surface area contributed by atoms with E-state index in [1.54, 1.807) is 11.8 Å². The summed E-state index contributed by atoms with van der Waals surface area (Å²) in [6.45, 7) is 10.8. The summed E-state index contributed by atoms with van der Waals surface area (Å²) in [5.74, 6) is 0.189. The van der Waals surface area contributed by atoms with Crippen LogP contribution in [0.3, 0.4) is 0 Å². The quantitative estimate of drug-likeness (QED) is 0.903. The fourth-order valence-electron chi connectivity index (χ4n) is 2.18. The van der Waals surface area contributed by atoms with Gasteiger partial charge in [-0.05, 0) is 49.9 Å². The summed E-state index contributed by atoms with van der Waals surface area (Å²) in [6, 6.07) is 2.88. The molecule has 118 valence electrons. The van der Waals surface area contributed by atoms with Gasteiger partial charge in [0.2, 0.25) is 10.0 Å². The summed E-state index contributed by atoms with van der Waals surface area (Å²) in [7, 11) is -3.82. The van der Waals surface area contributed by atoms with Gasteiger partial charge in [0.05, 0.1) is 4.90 Å². The summed E-state index contributed by atoms with van der Waals surface area (Å²) in [6.07, 6.45) is 0. The summed E-state index contributed by atoms with van der Waals surface area (Å²) < 4.78 is 23.1. The molecule has 0 aromatic heterocycles. The number of nitrogens with zero attached hydrogens (tertiary/aromatic N) is 1. The highest BCUT2D eigenvalue weighted by Crippen LogP contribution is 2.21. The Morgan fingerprint density at radius 2 is 1.86 bits per heavy atom. The van der Waals surface area contributed by atoms with Crippen molar-refractivity contribution in [1.82, 2.24) is 4.90 Å². The van der Waals surface area contributed by atoms with Crippen LogP contribution in [0, 0.1) is 19.8 Å². The summed E-state index contributed by atoms with van der Waals surface area (Å²) in [5, 5.41) is 5.18. The van der Waals surface area contributed by atoms with Gasteiger partial charge in [0.25, 0.3) is 5.91 Å². The van der Waals surface area contributed by atoms with Gasteiger partial charge in [-0.15, -0.1) is 0 Å². The monoisotopic (exact) mass is 312 g/mol. The topological polar surface area (TPSA) is 80.5 Å². The minimum absolute atomic E-state index is 0.0189. The standard InChI is InChI=1S/C15H24N2O3S/c1-6-17(9-10(2)3)15(18)14-8-13(21(16,19)20)7-11(4)12(14)5/h7-8,10H,6,9H2,1-5H3,(H2,16,19,20). The normalized spacial score (nSPS) is 11.8. The van der Waals surface area contributed by atoms with Crippen LogP contribution in [0.15, 0.2) is 17.0 Å². The number of aryl methyl sites for hydroxylation is 1. The van der Waals surface area contributed by atoms with Crippen LogP contribution < -0.4 is 5.14 Å². The zero-order valence-corrected chi connectivity index (χ0v) is 14.1. The second-order valence-corrected chi connectivity index (χ2v) is 7.26. The van der Waals surface area contributed by atoms with E-state index in [2.05, 4.69) is 0 Å². The van der Waals surface area contributed by atoms with E-state index in [4.69, 9.17) is 5.14 Å². The second-order valence-electron chi connectivity index (χ2n) is 5.70. The largest absolute Gasteiger partial charge is 0.339 e. The van der Waals surface area contributed by atoms with E-state index in [0.29, 0.717) is 24.6 Å². The van der Waals surface area contributed by atoms with Gasteiger partial charge in [0.15, 0.2) is 0 Å². The number of nitrogens with two attached hydrogens (primary N) is 1. The Balaban J connectivity index is 3.35. The SMILES string of the molecule is CCN(CC(C)C)C(=O)c1cc(S(N)(=O)=O)cc(C)c1C. The molecule has 1 rings (SSSR count). The average molecular weight is 312 g/mol. The molecular formula is C15H24N2O3S. The lowest BCUT2D eigenvalue weighted by Gasteiger charge is -2.24. The lowest BCUT2D eigenvalue weighted by molar-refractivity contribution is 0.0744. The van der Waals surface area contributed by atoms with Gasteiger partial charge < -0.3 is 4.90 Å². The molecule has 0 aliphatic rings. The van der Waals surface area contributed by atoms with Gasteiger partial charge in [-0.25, -0.2) is 13.6 Å². The van der Waals surface area contributed by atoms with E-state index in [1.807, 2.05) is 27.7 Å².